The molecule has 0 aliphatic carbocycles. The van der Waals surface area contributed by atoms with E-state index in [1.165, 1.54) is 0 Å². The third-order valence-electron chi connectivity index (χ3n) is 18.7. The summed E-state index contributed by atoms with van der Waals surface area (Å²) in [6, 6.07) is 0. The fourth-order valence-corrected chi connectivity index (χ4v) is 22.6. The number of ether oxygens (including phenoxy) is 7. The van der Waals surface area contributed by atoms with Gasteiger partial charge >= 0.3 is 0 Å². The molecule has 1 N–H and O–H groups in total. The van der Waals surface area contributed by atoms with E-state index >= 15 is 0 Å². The van der Waals surface area contributed by atoms with Gasteiger partial charge in [-0.25, -0.2) is 9.97 Å². The fraction of sp³-hybridized carbons (Fsp3) is 0.657. The van der Waals surface area contributed by atoms with E-state index in [1.807, 2.05) is 39.0 Å². The average Bonchev–Trinajstić information content (AvgIpc) is 4.16. The molecular formula is C67H102N2O12Si2. The van der Waals surface area contributed by atoms with Crippen molar-refractivity contribution in [2.45, 2.75) is 262 Å². The lowest BCUT2D eigenvalue weighted by Gasteiger charge is -2.54. The summed E-state index contributed by atoms with van der Waals surface area (Å²) in [6.45, 7) is 37.8. The van der Waals surface area contributed by atoms with Crippen molar-refractivity contribution in [1.29, 1.82) is 0 Å². The predicted octanol–water partition coefficient (Wildman–Crippen LogP) is 16.0. The van der Waals surface area contributed by atoms with Crippen LogP contribution < -0.4 is 0 Å². The molecule has 0 aromatic carbocycles. The number of allylic oxidation sites excluding steroid dienone is 4. The molecule has 83 heavy (non-hydrogen) atoms. The molecule has 2 aromatic rings. The van der Waals surface area contributed by atoms with E-state index in [0.717, 1.165) is 47.8 Å². The largest absolute Gasteiger partial charge is 0.507 e. The molecule has 0 amide bonds. The maximum atomic E-state index is 11.5. The number of nitrogens with zero attached hydrogens (tertiary/aromatic N) is 2. The van der Waals surface area contributed by atoms with Crippen molar-refractivity contribution in [3.63, 3.8) is 0 Å². The van der Waals surface area contributed by atoms with Crippen molar-refractivity contribution in [2.75, 3.05) is 21.3 Å². The summed E-state index contributed by atoms with van der Waals surface area (Å²) < 4.78 is 64.8. The van der Waals surface area contributed by atoms with Gasteiger partial charge in [0, 0.05) is 83.0 Å². The molecule has 0 unspecified atom stereocenters. The number of methoxy groups -OCH3 is 3. The molecule has 0 spiro atoms. The molecule has 4 aliphatic heterocycles. The Bertz CT molecular complexity index is 2710. The summed E-state index contributed by atoms with van der Waals surface area (Å²) in [7, 11) is 0.821. The minimum Gasteiger partial charge on any atom is -0.507 e. The number of carbonyl (C=O) groups is 1. The van der Waals surface area contributed by atoms with Crippen LogP contribution in [0.3, 0.4) is 0 Å². The molecule has 0 bridgehead atoms. The minimum atomic E-state index is -2.22. The Kier molecular flexibility index (Phi) is 23.9. The van der Waals surface area contributed by atoms with Crippen LogP contribution >= 0.6 is 0 Å². The van der Waals surface area contributed by atoms with Crippen LogP contribution in [0.15, 0.2) is 91.6 Å². The molecule has 2 aromatic heterocycles. The second-order valence-corrected chi connectivity index (χ2v) is 37.3. The van der Waals surface area contributed by atoms with Crippen LogP contribution in [-0.4, -0.2) is 114 Å². The Morgan fingerprint density at radius 2 is 1.64 bits per heavy atom. The second kappa shape index (κ2) is 29.3. The lowest BCUT2D eigenvalue weighted by Crippen LogP contribution is -2.57. The lowest BCUT2D eigenvalue weighted by atomic mass is 9.91. The maximum absolute atomic E-state index is 11.5. The van der Waals surface area contributed by atoms with Gasteiger partial charge in [0.15, 0.2) is 20.0 Å². The van der Waals surface area contributed by atoms with Crippen molar-refractivity contribution in [2.24, 2.45) is 0 Å². The van der Waals surface area contributed by atoms with Gasteiger partial charge in [0.1, 0.15) is 53.9 Å². The zero-order valence-electron chi connectivity index (χ0n) is 53.6. The maximum Gasteiger partial charge on any atom is 0.218 e. The molecule has 14 nitrogen and oxygen atoms in total. The first-order valence-electron chi connectivity index (χ1n) is 30.3. The molecule has 3 fully saturated rings. The topological polar surface area (TPSA) is 163 Å². The third-order valence-corrected chi connectivity index (χ3v) is 30.9. The fourth-order valence-electron chi connectivity index (χ4n) is 13.5. The van der Waals surface area contributed by atoms with Crippen LogP contribution in [0.25, 0.3) is 12.2 Å². The SMILES string of the molecule is C#CC[C@H](/C=C/C(C)=C/[C@H]([C@H]1C[C@@H](OC)C[C@](Cc2nc(/C=C(\C)C3=C(C)C(O)=C(C)[C@@H](C/C=C/c4nc([C@H]5C[C@H](O[Si](C)(C)C(C)(C)C)C[C@@H](C[C@H]6CC(=C)C[C@H](CC=O)O6)O5)co4)O3)co2)(OC)O1)[Si](C(C)C)(C(C)C)C(C)C)OC. The molecule has 0 saturated carbocycles. The first-order valence-corrected chi connectivity index (χ1v) is 35.5. The summed E-state index contributed by atoms with van der Waals surface area (Å²) >= 11 is 0. The van der Waals surface area contributed by atoms with E-state index in [4.69, 9.17) is 62.8 Å². The third kappa shape index (κ3) is 16.8. The summed E-state index contributed by atoms with van der Waals surface area (Å²) in [5.74, 6) is 3.32. The molecule has 11 atom stereocenters. The van der Waals surface area contributed by atoms with Crippen molar-refractivity contribution in [3.8, 4) is 12.3 Å². The van der Waals surface area contributed by atoms with Crippen LogP contribution in [0.2, 0.25) is 40.3 Å². The van der Waals surface area contributed by atoms with Gasteiger partial charge in [0.2, 0.25) is 5.89 Å². The quantitative estimate of drug-likeness (QED) is 0.0311. The number of rotatable bonds is 26. The Balaban J connectivity index is 1.17. The highest BCUT2D eigenvalue weighted by atomic mass is 28.4. The van der Waals surface area contributed by atoms with E-state index < -0.39 is 28.3 Å². The van der Waals surface area contributed by atoms with E-state index in [-0.39, 0.29) is 71.6 Å². The number of oxazole rings is 2. The van der Waals surface area contributed by atoms with Gasteiger partial charge in [-0.3, -0.25) is 0 Å². The predicted molar refractivity (Wildman–Crippen MR) is 335 cm³/mol. The Labute approximate surface area is 500 Å². The number of hydrogen-bond donors (Lipinski definition) is 1. The lowest BCUT2D eigenvalue weighted by molar-refractivity contribution is -0.287. The van der Waals surface area contributed by atoms with Crippen LogP contribution in [0.5, 0.6) is 0 Å². The summed E-state index contributed by atoms with van der Waals surface area (Å²) in [4.78, 5) is 21.3. The number of aliphatic hydroxyl groups is 1. The van der Waals surface area contributed by atoms with Crippen LogP contribution in [0.1, 0.15) is 183 Å². The van der Waals surface area contributed by atoms with Crippen LogP contribution in [0.4, 0.5) is 0 Å². The van der Waals surface area contributed by atoms with E-state index in [2.05, 4.69) is 113 Å². The molecule has 6 rings (SSSR count). The average molecular weight is 1180 g/mol. The highest BCUT2D eigenvalue weighted by molar-refractivity contribution is 6.85. The van der Waals surface area contributed by atoms with Gasteiger partial charge in [-0.05, 0) is 82.8 Å². The molecule has 460 valence electrons. The number of hydrogen-bond acceptors (Lipinski definition) is 14. The first kappa shape index (κ1) is 67.7. The van der Waals surface area contributed by atoms with Crippen molar-refractivity contribution >= 4 is 34.8 Å². The van der Waals surface area contributed by atoms with Gasteiger partial charge in [-0.2, -0.15) is 0 Å². The summed E-state index contributed by atoms with van der Waals surface area (Å²) in [5.41, 5.74) is 7.15. The normalized spacial score (nSPS) is 27.3. The number of aldehydes is 1. The molecule has 16 heteroatoms. The van der Waals surface area contributed by atoms with Crippen LogP contribution in [0, 0.1) is 12.3 Å². The Hall–Kier alpha value is -4.42. The van der Waals surface area contributed by atoms with Gasteiger partial charge in [-0.1, -0.05) is 121 Å². The highest BCUT2D eigenvalue weighted by Crippen LogP contribution is 2.55. The van der Waals surface area contributed by atoms with Gasteiger partial charge < -0.3 is 56.3 Å². The van der Waals surface area contributed by atoms with Crippen molar-refractivity contribution in [3.05, 3.63) is 106 Å². The number of carbonyl (C=O) groups excluding carboxylic acids is 1. The monoisotopic (exact) mass is 1180 g/mol. The van der Waals surface area contributed by atoms with E-state index in [1.54, 1.807) is 33.9 Å². The summed E-state index contributed by atoms with van der Waals surface area (Å²) in [6.07, 6.45) is 26.8. The number of aliphatic hydroxyl groups excluding tert-OH is 1. The van der Waals surface area contributed by atoms with Crippen molar-refractivity contribution in [1.82, 2.24) is 9.97 Å². The number of terminal acetylenes is 1. The Morgan fingerprint density at radius 3 is 2.27 bits per heavy atom. The zero-order chi connectivity index (χ0) is 61.2. The van der Waals surface area contributed by atoms with E-state index in [9.17, 15) is 9.90 Å². The molecule has 3 saturated heterocycles. The second-order valence-electron chi connectivity index (χ2n) is 26.4. The van der Waals surface area contributed by atoms with Crippen LogP contribution in [-0.2, 0) is 48.8 Å². The van der Waals surface area contributed by atoms with Gasteiger partial charge in [0.25, 0.3) is 0 Å². The Morgan fingerprint density at radius 1 is 0.940 bits per heavy atom. The standard InChI is InChI=1S/C67H102N2O12Si2/c1-21-23-51(72-16)27-26-45(8)32-61(83(42(2)3,43(4)5)44(6)7)60-37-56(73-17)38-67(74-18,80-60)39-63-68-50(40-75-63)33-47(10)65-49(12)64(71)48(11)58(79-65)24-22-25-62-69-57(41-76-62)59-36-55(81-82(19,20)66(13,14)15)35-54(78-59)34-53-31-46(9)30-52(77-53)28-29-70/h1,22,25-27,29,32-33,40-44,51-56,58-61,71H,9,23-24,28,30-31,34-39H2,2-8,10-20H3/b25-22+,27-26+,45-32+,47-33+/t51-,52+,53-,54-,55-,56-,58-,59-,60-,61-,67+/m1/s1. The zero-order valence-corrected chi connectivity index (χ0v) is 55.6. The molecule has 4 aliphatic rings. The molecular weight excluding hydrogens is 1080 g/mol. The van der Waals surface area contributed by atoms with Gasteiger partial charge in [0.05, 0.1) is 57.2 Å². The van der Waals surface area contributed by atoms with Crippen molar-refractivity contribution < 1.29 is 56.3 Å². The highest BCUT2D eigenvalue weighted by Gasteiger charge is 2.55. The smallest absolute Gasteiger partial charge is 0.218 e. The number of aromatic nitrogens is 2. The minimum absolute atomic E-state index is 0.0304. The van der Waals surface area contributed by atoms with E-state index in [0.29, 0.717) is 96.1 Å². The molecule has 0 radical (unpaired) electrons. The first-order chi connectivity index (χ1) is 39.1. The molecule has 6 heterocycles. The summed E-state index contributed by atoms with van der Waals surface area (Å²) in [5, 5.41) is 11.6. The van der Waals surface area contributed by atoms with Gasteiger partial charge in [-0.15, -0.1) is 12.3 Å².